The lowest BCUT2D eigenvalue weighted by Gasteiger charge is -2.20. The van der Waals surface area contributed by atoms with Crippen LogP contribution in [0.25, 0.3) is 0 Å². The molecule has 114 valence electrons. The van der Waals surface area contributed by atoms with Crippen molar-refractivity contribution in [3.05, 3.63) is 40.6 Å². The first-order valence-electron chi connectivity index (χ1n) is 6.88. The summed E-state index contributed by atoms with van der Waals surface area (Å²) in [5, 5.41) is 4.82. The predicted octanol–water partition coefficient (Wildman–Crippen LogP) is 3.58. The predicted molar refractivity (Wildman–Crippen MR) is 83.4 cm³/mol. The van der Waals surface area contributed by atoms with E-state index in [0.717, 1.165) is 5.69 Å². The topological polar surface area (TPSA) is 56.2 Å². The molecule has 0 radical (unpaired) electrons. The molecule has 1 unspecified atom stereocenters. The molecule has 21 heavy (non-hydrogen) atoms. The first-order valence-corrected chi connectivity index (χ1v) is 7.76. The second-order valence-corrected chi connectivity index (χ2v) is 6.82. The highest BCUT2D eigenvalue weighted by molar-refractivity contribution is 7.10. The molecule has 0 aromatic carbocycles. The minimum Gasteiger partial charge on any atom is -0.444 e. The van der Waals surface area contributed by atoms with Gasteiger partial charge < -0.3 is 14.6 Å². The third-order valence-electron chi connectivity index (χ3n) is 2.93. The van der Waals surface area contributed by atoms with Crippen LogP contribution < -0.4 is 5.32 Å². The summed E-state index contributed by atoms with van der Waals surface area (Å²) in [5.74, 6) is 0. The molecule has 1 N–H and O–H groups in total. The number of rotatable bonds is 4. The zero-order chi connectivity index (χ0) is 15.5. The fourth-order valence-electron chi connectivity index (χ4n) is 1.96. The molecular formula is C15H21N3O2S. The zero-order valence-corrected chi connectivity index (χ0v) is 13.6. The Kier molecular flexibility index (Phi) is 4.67. The molecule has 2 heterocycles. The molecule has 0 saturated heterocycles. The van der Waals surface area contributed by atoms with E-state index in [2.05, 4.69) is 33.2 Å². The third-order valence-corrected chi connectivity index (χ3v) is 3.97. The van der Waals surface area contributed by atoms with E-state index in [0.29, 0.717) is 6.54 Å². The van der Waals surface area contributed by atoms with Crippen molar-refractivity contribution in [2.45, 2.75) is 45.9 Å². The number of nitrogens with one attached hydrogen (secondary N) is 1. The molecule has 5 nitrogen and oxygen atoms in total. The van der Waals surface area contributed by atoms with E-state index < -0.39 is 11.7 Å². The number of thiophene rings is 1. The van der Waals surface area contributed by atoms with Gasteiger partial charge in [-0.2, -0.15) is 0 Å². The molecule has 0 aliphatic carbocycles. The van der Waals surface area contributed by atoms with Crippen molar-refractivity contribution < 1.29 is 9.53 Å². The Morgan fingerprint density at radius 3 is 2.90 bits per heavy atom. The van der Waals surface area contributed by atoms with Crippen LogP contribution in [0.3, 0.4) is 0 Å². The number of alkyl carbamates (subject to hydrolysis) is 1. The molecule has 0 aliphatic heterocycles. The van der Waals surface area contributed by atoms with Gasteiger partial charge in [0.2, 0.25) is 0 Å². The molecule has 0 bridgehead atoms. The minimum atomic E-state index is -0.491. The van der Waals surface area contributed by atoms with Gasteiger partial charge in [0.1, 0.15) is 5.60 Å². The van der Waals surface area contributed by atoms with Crippen LogP contribution >= 0.6 is 11.3 Å². The van der Waals surface area contributed by atoms with E-state index in [9.17, 15) is 4.79 Å². The minimum absolute atomic E-state index is 0.197. The maximum Gasteiger partial charge on any atom is 0.407 e. The standard InChI is InChI=1S/C15H21N3O2S/c1-11(13-6-5-7-21-13)18-10-16-8-12(18)9-17-14(19)20-15(2,3)4/h5-8,10-11H,9H2,1-4H3,(H,17,19). The summed E-state index contributed by atoms with van der Waals surface area (Å²) in [6.07, 6.45) is 3.14. The van der Waals surface area contributed by atoms with E-state index >= 15 is 0 Å². The van der Waals surface area contributed by atoms with E-state index in [1.807, 2.05) is 26.8 Å². The fraction of sp³-hybridized carbons (Fsp3) is 0.467. The lowest BCUT2D eigenvalue weighted by Crippen LogP contribution is -2.32. The number of imidazole rings is 1. The molecule has 6 heteroatoms. The van der Waals surface area contributed by atoms with Crippen molar-refractivity contribution in [1.29, 1.82) is 0 Å². The van der Waals surface area contributed by atoms with E-state index in [1.54, 1.807) is 23.9 Å². The zero-order valence-electron chi connectivity index (χ0n) is 12.8. The normalized spacial score (nSPS) is 13.0. The van der Waals surface area contributed by atoms with Crippen molar-refractivity contribution in [2.24, 2.45) is 0 Å². The van der Waals surface area contributed by atoms with E-state index in [-0.39, 0.29) is 6.04 Å². The lowest BCUT2D eigenvalue weighted by molar-refractivity contribution is 0.0522. The highest BCUT2D eigenvalue weighted by Gasteiger charge is 2.17. The molecule has 1 amide bonds. The molecular weight excluding hydrogens is 286 g/mol. The van der Waals surface area contributed by atoms with Crippen molar-refractivity contribution in [1.82, 2.24) is 14.9 Å². The van der Waals surface area contributed by atoms with Gasteiger partial charge in [-0.3, -0.25) is 0 Å². The van der Waals surface area contributed by atoms with Crippen LogP contribution in [0.1, 0.15) is 44.3 Å². The number of carbonyl (C=O) groups is 1. The average molecular weight is 307 g/mol. The van der Waals surface area contributed by atoms with Crippen molar-refractivity contribution in [2.75, 3.05) is 0 Å². The van der Waals surface area contributed by atoms with Crippen LogP contribution in [0.2, 0.25) is 0 Å². The summed E-state index contributed by atoms with van der Waals surface area (Å²) in [7, 11) is 0. The quantitative estimate of drug-likeness (QED) is 0.939. The van der Waals surface area contributed by atoms with Crippen LogP contribution in [0, 0.1) is 0 Å². The Balaban J connectivity index is 1.99. The summed E-state index contributed by atoms with van der Waals surface area (Å²) >= 11 is 1.71. The average Bonchev–Trinajstić information content (AvgIpc) is 3.05. The van der Waals surface area contributed by atoms with Crippen molar-refractivity contribution >= 4 is 17.4 Å². The molecule has 2 aromatic rings. The van der Waals surface area contributed by atoms with Gasteiger partial charge in [-0.15, -0.1) is 11.3 Å². The summed E-state index contributed by atoms with van der Waals surface area (Å²) in [5.41, 5.74) is 0.455. The lowest BCUT2D eigenvalue weighted by atomic mass is 10.2. The first-order chi connectivity index (χ1) is 9.87. The highest BCUT2D eigenvalue weighted by atomic mass is 32.1. The third kappa shape index (κ3) is 4.32. The monoisotopic (exact) mass is 307 g/mol. The number of ether oxygens (including phenoxy) is 1. The summed E-state index contributed by atoms with van der Waals surface area (Å²) in [4.78, 5) is 17.1. The molecule has 2 rings (SSSR count). The van der Waals surface area contributed by atoms with E-state index in [1.165, 1.54) is 4.88 Å². The second-order valence-electron chi connectivity index (χ2n) is 5.84. The van der Waals surface area contributed by atoms with Gasteiger partial charge >= 0.3 is 6.09 Å². The van der Waals surface area contributed by atoms with E-state index in [4.69, 9.17) is 4.74 Å². The highest BCUT2D eigenvalue weighted by Crippen LogP contribution is 2.23. The van der Waals surface area contributed by atoms with Gasteiger partial charge in [-0.25, -0.2) is 9.78 Å². The number of nitrogens with zero attached hydrogens (tertiary/aromatic N) is 2. The van der Waals surface area contributed by atoms with Crippen molar-refractivity contribution in [3.63, 3.8) is 0 Å². The maximum atomic E-state index is 11.7. The van der Waals surface area contributed by atoms with Gasteiger partial charge in [-0.05, 0) is 39.1 Å². The largest absolute Gasteiger partial charge is 0.444 e. The fourth-order valence-corrected chi connectivity index (χ4v) is 2.74. The number of aromatic nitrogens is 2. The van der Waals surface area contributed by atoms with Gasteiger partial charge in [0.15, 0.2) is 0 Å². The van der Waals surface area contributed by atoms with Gasteiger partial charge in [0, 0.05) is 11.1 Å². The van der Waals surface area contributed by atoms with Crippen LogP contribution in [-0.2, 0) is 11.3 Å². The molecule has 0 aliphatic rings. The summed E-state index contributed by atoms with van der Waals surface area (Å²) in [6.45, 7) is 8.04. The number of amides is 1. The van der Waals surface area contributed by atoms with Crippen LogP contribution in [-0.4, -0.2) is 21.2 Å². The Bertz CT molecular complexity index is 584. The van der Waals surface area contributed by atoms with Gasteiger partial charge in [0.25, 0.3) is 0 Å². The van der Waals surface area contributed by atoms with Crippen LogP contribution in [0.5, 0.6) is 0 Å². The SMILES string of the molecule is CC(c1cccs1)n1cncc1CNC(=O)OC(C)(C)C. The smallest absolute Gasteiger partial charge is 0.407 e. The maximum absolute atomic E-state index is 11.7. The van der Waals surface area contributed by atoms with Crippen LogP contribution in [0.4, 0.5) is 4.79 Å². The molecule has 2 aromatic heterocycles. The number of hydrogen-bond donors (Lipinski definition) is 1. The number of carbonyl (C=O) groups excluding carboxylic acids is 1. The van der Waals surface area contributed by atoms with Gasteiger partial charge in [0.05, 0.1) is 24.6 Å². The molecule has 0 fully saturated rings. The second kappa shape index (κ2) is 6.30. The molecule has 0 spiro atoms. The Labute approximate surface area is 129 Å². The summed E-state index contributed by atoms with van der Waals surface area (Å²) < 4.78 is 7.29. The molecule has 1 atom stereocenters. The Morgan fingerprint density at radius 2 is 2.29 bits per heavy atom. The van der Waals surface area contributed by atoms with Crippen molar-refractivity contribution in [3.8, 4) is 0 Å². The Hall–Kier alpha value is -1.82. The first kappa shape index (κ1) is 15.6. The van der Waals surface area contributed by atoms with Crippen LogP contribution in [0.15, 0.2) is 30.0 Å². The van der Waals surface area contributed by atoms with Gasteiger partial charge in [-0.1, -0.05) is 6.07 Å². The number of hydrogen-bond acceptors (Lipinski definition) is 4. The molecule has 0 saturated carbocycles. The Morgan fingerprint density at radius 1 is 1.52 bits per heavy atom. The summed E-state index contributed by atoms with van der Waals surface area (Å²) in [6, 6.07) is 4.33.